The Labute approximate surface area is 87.0 Å². The van der Waals surface area contributed by atoms with Gasteiger partial charge in [-0.1, -0.05) is 18.6 Å². The smallest absolute Gasteiger partial charge is 0.0252 e. The molecule has 0 heterocycles. The van der Waals surface area contributed by atoms with E-state index in [1.54, 1.807) is 0 Å². The molecule has 0 aromatic rings. The first-order valence-corrected chi connectivity index (χ1v) is 6.34. The van der Waals surface area contributed by atoms with Crippen LogP contribution in [0.5, 0.6) is 0 Å². The molecule has 1 N–H and O–H groups in total. The molecule has 78 valence electrons. The third kappa shape index (κ3) is 1.63. The van der Waals surface area contributed by atoms with E-state index in [1.807, 2.05) is 0 Å². The highest BCUT2D eigenvalue weighted by Crippen LogP contribution is 2.44. The summed E-state index contributed by atoms with van der Waals surface area (Å²) >= 11 is 0. The van der Waals surface area contributed by atoms with Crippen molar-refractivity contribution >= 4 is 0 Å². The standard InChI is InChI=1S/C13H21N/c1-2-4-12(5-3-1)14-13-9-10-6-7-11(13)8-10/h2,4,10-14H,1,3,5-9H2. The Balaban J connectivity index is 1.57. The molecule has 0 radical (unpaired) electrons. The molecule has 3 aliphatic rings. The Morgan fingerprint density at radius 2 is 2.07 bits per heavy atom. The van der Waals surface area contributed by atoms with Gasteiger partial charge in [0.1, 0.15) is 0 Å². The number of hydrogen-bond donors (Lipinski definition) is 1. The third-order valence-electron chi connectivity index (χ3n) is 4.42. The van der Waals surface area contributed by atoms with E-state index in [2.05, 4.69) is 17.5 Å². The lowest BCUT2D eigenvalue weighted by atomic mass is 9.93. The Bertz CT molecular complexity index is 233. The lowest BCUT2D eigenvalue weighted by molar-refractivity contribution is 0.325. The molecule has 4 unspecified atom stereocenters. The topological polar surface area (TPSA) is 12.0 Å². The summed E-state index contributed by atoms with van der Waals surface area (Å²) < 4.78 is 0. The summed E-state index contributed by atoms with van der Waals surface area (Å²) in [5.41, 5.74) is 0. The Morgan fingerprint density at radius 3 is 2.71 bits per heavy atom. The van der Waals surface area contributed by atoms with Crippen molar-refractivity contribution in [3.63, 3.8) is 0 Å². The average molecular weight is 191 g/mol. The fourth-order valence-corrected chi connectivity index (χ4v) is 3.68. The van der Waals surface area contributed by atoms with Crippen LogP contribution in [-0.4, -0.2) is 12.1 Å². The highest BCUT2D eigenvalue weighted by molar-refractivity contribution is 5.02. The zero-order chi connectivity index (χ0) is 9.38. The molecular weight excluding hydrogens is 170 g/mol. The summed E-state index contributed by atoms with van der Waals surface area (Å²) in [7, 11) is 0. The van der Waals surface area contributed by atoms with E-state index < -0.39 is 0 Å². The summed E-state index contributed by atoms with van der Waals surface area (Å²) in [6.07, 6.45) is 14.8. The Kier molecular flexibility index (Phi) is 2.36. The van der Waals surface area contributed by atoms with Crippen molar-refractivity contribution in [1.29, 1.82) is 0 Å². The minimum Gasteiger partial charge on any atom is -0.307 e. The van der Waals surface area contributed by atoms with Crippen LogP contribution in [-0.2, 0) is 0 Å². The SMILES string of the molecule is C1=CC(NC2CC3CCC2C3)CCC1. The summed E-state index contributed by atoms with van der Waals surface area (Å²) in [4.78, 5) is 0. The summed E-state index contributed by atoms with van der Waals surface area (Å²) in [6.45, 7) is 0. The zero-order valence-corrected chi connectivity index (χ0v) is 8.91. The first-order valence-electron chi connectivity index (χ1n) is 6.34. The minimum absolute atomic E-state index is 0.702. The maximum Gasteiger partial charge on any atom is 0.0252 e. The van der Waals surface area contributed by atoms with Crippen molar-refractivity contribution in [2.45, 2.75) is 57.0 Å². The van der Waals surface area contributed by atoms with E-state index in [1.165, 1.54) is 44.9 Å². The molecule has 0 amide bonds. The minimum atomic E-state index is 0.702. The van der Waals surface area contributed by atoms with Crippen LogP contribution >= 0.6 is 0 Å². The largest absolute Gasteiger partial charge is 0.307 e. The second-order valence-electron chi connectivity index (χ2n) is 5.41. The van der Waals surface area contributed by atoms with E-state index in [0.29, 0.717) is 6.04 Å². The Morgan fingerprint density at radius 1 is 1.07 bits per heavy atom. The van der Waals surface area contributed by atoms with Crippen LogP contribution in [0, 0.1) is 11.8 Å². The predicted molar refractivity (Wildman–Crippen MR) is 59.2 cm³/mol. The zero-order valence-electron chi connectivity index (χ0n) is 8.91. The molecular formula is C13H21N. The first-order chi connectivity index (χ1) is 6.92. The number of allylic oxidation sites excluding steroid dienone is 1. The maximum absolute atomic E-state index is 3.86. The fraction of sp³-hybridized carbons (Fsp3) is 0.846. The Hall–Kier alpha value is -0.300. The van der Waals surface area contributed by atoms with Gasteiger partial charge in [0.05, 0.1) is 0 Å². The van der Waals surface area contributed by atoms with Crippen LogP contribution in [0.3, 0.4) is 0 Å². The predicted octanol–water partition coefficient (Wildman–Crippen LogP) is 2.87. The van der Waals surface area contributed by atoms with Crippen molar-refractivity contribution in [1.82, 2.24) is 5.32 Å². The number of nitrogens with one attached hydrogen (secondary N) is 1. The number of hydrogen-bond acceptors (Lipinski definition) is 1. The van der Waals surface area contributed by atoms with Gasteiger partial charge in [0.15, 0.2) is 0 Å². The van der Waals surface area contributed by atoms with Crippen molar-refractivity contribution in [3.05, 3.63) is 12.2 Å². The fourth-order valence-electron chi connectivity index (χ4n) is 3.68. The van der Waals surface area contributed by atoms with Gasteiger partial charge >= 0.3 is 0 Å². The molecule has 2 saturated carbocycles. The highest BCUT2D eigenvalue weighted by atomic mass is 15.0. The van der Waals surface area contributed by atoms with E-state index in [9.17, 15) is 0 Å². The van der Waals surface area contributed by atoms with Crippen LogP contribution in [0.15, 0.2) is 12.2 Å². The van der Waals surface area contributed by atoms with Gasteiger partial charge in [0.25, 0.3) is 0 Å². The van der Waals surface area contributed by atoms with Crippen molar-refractivity contribution in [3.8, 4) is 0 Å². The number of rotatable bonds is 2. The van der Waals surface area contributed by atoms with Gasteiger partial charge in [-0.15, -0.1) is 0 Å². The van der Waals surface area contributed by atoms with Gasteiger partial charge in [-0.05, 0) is 50.4 Å². The third-order valence-corrected chi connectivity index (χ3v) is 4.42. The van der Waals surface area contributed by atoms with Gasteiger partial charge in [0.2, 0.25) is 0 Å². The van der Waals surface area contributed by atoms with E-state index in [0.717, 1.165) is 17.9 Å². The van der Waals surface area contributed by atoms with Crippen molar-refractivity contribution in [2.75, 3.05) is 0 Å². The van der Waals surface area contributed by atoms with Crippen LogP contribution in [0.25, 0.3) is 0 Å². The molecule has 0 saturated heterocycles. The average Bonchev–Trinajstić information content (AvgIpc) is 2.81. The van der Waals surface area contributed by atoms with Crippen LogP contribution < -0.4 is 5.32 Å². The first kappa shape index (κ1) is 8.96. The molecule has 2 fully saturated rings. The van der Waals surface area contributed by atoms with Crippen LogP contribution in [0.4, 0.5) is 0 Å². The lowest BCUT2D eigenvalue weighted by Gasteiger charge is -2.28. The molecule has 0 aromatic heterocycles. The number of fused-ring (bicyclic) bond motifs is 2. The highest BCUT2D eigenvalue weighted by Gasteiger charge is 2.39. The molecule has 1 nitrogen and oxygen atoms in total. The molecule has 1 heteroatoms. The normalized spacial score (nSPS) is 46.0. The van der Waals surface area contributed by atoms with Gasteiger partial charge in [-0.2, -0.15) is 0 Å². The van der Waals surface area contributed by atoms with Crippen molar-refractivity contribution in [2.24, 2.45) is 11.8 Å². The molecule has 0 aromatic carbocycles. The van der Waals surface area contributed by atoms with Gasteiger partial charge in [-0.25, -0.2) is 0 Å². The van der Waals surface area contributed by atoms with Crippen molar-refractivity contribution < 1.29 is 0 Å². The second kappa shape index (κ2) is 3.69. The summed E-state index contributed by atoms with van der Waals surface area (Å²) in [5, 5.41) is 3.86. The monoisotopic (exact) mass is 191 g/mol. The molecule has 3 aliphatic carbocycles. The van der Waals surface area contributed by atoms with Crippen LogP contribution in [0.1, 0.15) is 44.9 Å². The van der Waals surface area contributed by atoms with E-state index in [-0.39, 0.29) is 0 Å². The second-order valence-corrected chi connectivity index (χ2v) is 5.41. The molecule has 14 heavy (non-hydrogen) atoms. The molecule has 3 rings (SSSR count). The molecule has 2 bridgehead atoms. The molecule has 0 spiro atoms. The molecule has 4 atom stereocenters. The lowest BCUT2D eigenvalue weighted by Crippen LogP contribution is -2.41. The van der Waals surface area contributed by atoms with Crippen LogP contribution in [0.2, 0.25) is 0 Å². The summed E-state index contributed by atoms with van der Waals surface area (Å²) in [5.74, 6) is 2.10. The van der Waals surface area contributed by atoms with Gasteiger partial charge < -0.3 is 5.32 Å². The summed E-state index contributed by atoms with van der Waals surface area (Å²) in [6, 6.07) is 1.56. The molecule has 0 aliphatic heterocycles. The maximum atomic E-state index is 3.86. The quantitative estimate of drug-likeness (QED) is 0.662. The van der Waals surface area contributed by atoms with Gasteiger partial charge in [-0.3, -0.25) is 0 Å². The van der Waals surface area contributed by atoms with Gasteiger partial charge in [0, 0.05) is 12.1 Å². The van der Waals surface area contributed by atoms with E-state index >= 15 is 0 Å². The van der Waals surface area contributed by atoms with E-state index in [4.69, 9.17) is 0 Å².